The van der Waals surface area contributed by atoms with Crippen molar-refractivity contribution in [3.8, 4) is 5.75 Å². The lowest BCUT2D eigenvalue weighted by Crippen LogP contribution is -2.35. The number of amides is 4. The SMILES string of the molecule is CC.CCCOC(=O)NC(=O)Nc1c2c(c(OC(c3ccccc3)c3ccccc3)c3ncccc13)C(=O)N(Cc1ccc(F)cc1)C2. The number of ether oxygens (including phenoxy) is 2. The van der Waals surface area contributed by atoms with Crippen LogP contribution >= 0.6 is 0 Å². The van der Waals surface area contributed by atoms with Gasteiger partial charge in [-0.05, 0) is 47.4 Å². The zero-order chi connectivity index (χ0) is 34.0. The van der Waals surface area contributed by atoms with Gasteiger partial charge in [0.2, 0.25) is 0 Å². The lowest BCUT2D eigenvalue weighted by atomic mass is 9.99. The Morgan fingerprint density at radius 2 is 1.56 bits per heavy atom. The largest absolute Gasteiger partial charge is 0.478 e. The first kappa shape index (κ1) is 33.6. The molecule has 0 unspecified atom stereocenters. The normalized spacial score (nSPS) is 11.9. The van der Waals surface area contributed by atoms with Gasteiger partial charge >= 0.3 is 12.1 Å². The number of carbonyl (C=O) groups excluding carboxylic acids is 3. The van der Waals surface area contributed by atoms with Crippen molar-refractivity contribution in [2.75, 3.05) is 11.9 Å². The highest BCUT2D eigenvalue weighted by Gasteiger charge is 2.37. The number of rotatable bonds is 9. The average molecular weight is 649 g/mol. The molecule has 48 heavy (non-hydrogen) atoms. The first-order valence-electron chi connectivity index (χ1n) is 15.9. The standard InChI is InChI=1S/C36H31FN4O5.C2H6/c1-2-20-45-36(44)40-35(43)39-30-27-14-9-19-38-31(27)33(46-32(24-10-5-3-6-11-24)25-12-7-4-8-13-25)29-28(30)22-41(34(29)42)21-23-15-17-26(37)18-16-23;1-2/h3-19,32H,2,20-22H2,1H3,(H2,39,40,43,44);1-2H3. The van der Waals surface area contributed by atoms with E-state index in [1.165, 1.54) is 12.1 Å². The van der Waals surface area contributed by atoms with Crippen molar-refractivity contribution in [2.45, 2.75) is 46.4 Å². The minimum atomic E-state index is -0.888. The zero-order valence-corrected chi connectivity index (χ0v) is 27.0. The van der Waals surface area contributed by atoms with Crippen molar-refractivity contribution >= 4 is 34.6 Å². The fourth-order valence-corrected chi connectivity index (χ4v) is 5.50. The number of alkyl carbamates (subject to hydrolysis) is 1. The molecule has 0 aliphatic carbocycles. The summed E-state index contributed by atoms with van der Waals surface area (Å²) in [5.74, 6) is -0.452. The van der Waals surface area contributed by atoms with Gasteiger partial charge in [-0.15, -0.1) is 0 Å². The van der Waals surface area contributed by atoms with E-state index in [1.807, 2.05) is 81.4 Å². The van der Waals surface area contributed by atoms with Crippen molar-refractivity contribution in [3.05, 3.63) is 137 Å². The quantitative estimate of drug-likeness (QED) is 0.166. The number of fused-ring (bicyclic) bond motifs is 2. The number of carbonyl (C=O) groups is 3. The van der Waals surface area contributed by atoms with E-state index < -0.39 is 18.2 Å². The molecule has 0 radical (unpaired) electrons. The molecule has 246 valence electrons. The van der Waals surface area contributed by atoms with E-state index >= 15 is 0 Å². The molecule has 2 heterocycles. The molecular formula is C38H37FN4O5. The third-order valence-corrected chi connectivity index (χ3v) is 7.59. The molecule has 1 aliphatic rings. The molecule has 4 amide bonds. The molecule has 5 aromatic rings. The lowest BCUT2D eigenvalue weighted by molar-refractivity contribution is 0.0762. The van der Waals surface area contributed by atoms with E-state index in [4.69, 9.17) is 9.47 Å². The highest BCUT2D eigenvalue weighted by Crippen LogP contribution is 2.45. The smallest absolute Gasteiger partial charge is 0.415 e. The van der Waals surface area contributed by atoms with Crippen LogP contribution in [0.1, 0.15) is 65.9 Å². The number of hydrogen-bond donors (Lipinski definition) is 2. The first-order chi connectivity index (χ1) is 23.4. The molecule has 0 fully saturated rings. The summed E-state index contributed by atoms with van der Waals surface area (Å²) >= 11 is 0. The minimum absolute atomic E-state index is 0.115. The number of anilines is 1. The van der Waals surface area contributed by atoms with Crippen LogP contribution in [0.4, 0.5) is 19.7 Å². The van der Waals surface area contributed by atoms with Gasteiger partial charge in [0.1, 0.15) is 17.4 Å². The minimum Gasteiger partial charge on any atom is -0.478 e. The van der Waals surface area contributed by atoms with Crippen LogP contribution in [-0.2, 0) is 17.8 Å². The summed E-state index contributed by atoms with van der Waals surface area (Å²) in [5, 5.41) is 5.47. The number of nitrogens with one attached hydrogen (secondary N) is 2. The number of aromatic nitrogens is 1. The van der Waals surface area contributed by atoms with Gasteiger partial charge in [-0.3, -0.25) is 9.78 Å². The van der Waals surface area contributed by atoms with Gasteiger partial charge in [0.05, 0.1) is 17.9 Å². The van der Waals surface area contributed by atoms with E-state index in [0.717, 1.165) is 16.7 Å². The first-order valence-corrected chi connectivity index (χ1v) is 15.9. The van der Waals surface area contributed by atoms with Gasteiger partial charge in [-0.25, -0.2) is 19.3 Å². The van der Waals surface area contributed by atoms with Crippen LogP contribution in [0.2, 0.25) is 0 Å². The molecule has 2 N–H and O–H groups in total. The van der Waals surface area contributed by atoms with E-state index in [0.29, 0.717) is 28.6 Å². The number of nitrogens with zero attached hydrogens (tertiary/aromatic N) is 2. The maximum atomic E-state index is 14.3. The Balaban J connectivity index is 0.00000221. The molecule has 0 saturated heterocycles. The van der Waals surface area contributed by atoms with Crippen LogP contribution in [0.25, 0.3) is 10.9 Å². The van der Waals surface area contributed by atoms with Crippen LogP contribution < -0.4 is 15.4 Å². The van der Waals surface area contributed by atoms with Gasteiger partial charge in [0.25, 0.3) is 5.91 Å². The van der Waals surface area contributed by atoms with Crippen molar-refractivity contribution in [1.82, 2.24) is 15.2 Å². The summed E-state index contributed by atoms with van der Waals surface area (Å²) in [7, 11) is 0. The van der Waals surface area contributed by atoms with Crippen molar-refractivity contribution in [1.29, 1.82) is 0 Å². The average Bonchev–Trinajstić information content (AvgIpc) is 3.44. The summed E-state index contributed by atoms with van der Waals surface area (Å²) in [6, 6.07) is 27.9. The third kappa shape index (κ3) is 7.44. The second-order valence-electron chi connectivity index (χ2n) is 10.8. The molecule has 0 spiro atoms. The van der Waals surface area contributed by atoms with E-state index in [-0.39, 0.29) is 42.7 Å². The van der Waals surface area contributed by atoms with E-state index in [9.17, 15) is 18.8 Å². The van der Waals surface area contributed by atoms with Crippen LogP contribution in [0, 0.1) is 5.82 Å². The molecule has 1 aliphatic heterocycles. The Morgan fingerprint density at radius 1 is 0.917 bits per heavy atom. The van der Waals surface area contributed by atoms with Crippen LogP contribution in [0.15, 0.2) is 103 Å². The molecule has 4 aromatic carbocycles. The Kier molecular flexibility index (Phi) is 11.0. The fourth-order valence-electron chi connectivity index (χ4n) is 5.50. The lowest BCUT2D eigenvalue weighted by Gasteiger charge is -2.23. The molecule has 1 aromatic heterocycles. The molecule has 0 saturated carbocycles. The maximum Gasteiger partial charge on any atom is 0.415 e. The number of imide groups is 1. The summed E-state index contributed by atoms with van der Waals surface area (Å²) in [5.41, 5.74) is 3.88. The maximum absolute atomic E-state index is 14.3. The molecule has 0 atom stereocenters. The summed E-state index contributed by atoms with van der Waals surface area (Å²) < 4.78 is 25.5. The Hall–Kier alpha value is -5.77. The number of halogens is 1. The van der Waals surface area contributed by atoms with Crippen LogP contribution in [0.3, 0.4) is 0 Å². The second kappa shape index (κ2) is 15.7. The molecule has 9 nitrogen and oxygen atoms in total. The van der Waals surface area contributed by atoms with Gasteiger partial charge in [-0.2, -0.15) is 0 Å². The highest BCUT2D eigenvalue weighted by molar-refractivity contribution is 6.14. The van der Waals surface area contributed by atoms with E-state index in [1.54, 1.807) is 35.4 Å². The highest BCUT2D eigenvalue weighted by atomic mass is 19.1. The molecule has 10 heteroatoms. The second-order valence-corrected chi connectivity index (χ2v) is 10.8. The molecule has 6 rings (SSSR count). The van der Waals surface area contributed by atoms with Gasteiger partial charge in [-0.1, -0.05) is 93.6 Å². The third-order valence-electron chi connectivity index (χ3n) is 7.59. The number of benzene rings is 4. The summed E-state index contributed by atoms with van der Waals surface area (Å²) in [6.07, 6.45) is 0.704. The van der Waals surface area contributed by atoms with Crippen molar-refractivity contribution < 1.29 is 28.2 Å². The Labute approximate surface area is 278 Å². The topological polar surface area (TPSA) is 110 Å². The molecule has 0 bridgehead atoms. The Bertz CT molecular complexity index is 1850. The van der Waals surface area contributed by atoms with Crippen molar-refractivity contribution in [2.24, 2.45) is 0 Å². The van der Waals surface area contributed by atoms with Gasteiger partial charge in [0.15, 0.2) is 5.75 Å². The zero-order valence-electron chi connectivity index (χ0n) is 27.0. The van der Waals surface area contributed by atoms with Crippen molar-refractivity contribution in [3.63, 3.8) is 0 Å². The summed E-state index contributed by atoms with van der Waals surface area (Å²) in [4.78, 5) is 45.7. The van der Waals surface area contributed by atoms with Crippen LogP contribution in [0.5, 0.6) is 5.75 Å². The summed E-state index contributed by atoms with van der Waals surface area (Å²) in [6.45, 7) is 6.30. The molecular weight excluding hydrogens is 611 g/mol. The Morgan fingerprint density at radius 3 is 2.19 bits per heavy atom. The number of pyridine rings is 1. The van der Waals surface area contributed by atoms with Gasteiger partial charge in [0, 0.05) is 30.2 Å². The van der Waals surface area contributed by atoms with Crippen LogP contribution in [-0.4, -0.2) is 34.5 Å². The fraction of sp³-hybridized carbons (Fsp3) is 0.211. The number of hydrogen-bond acceptors (Lipinski definition) is 6. The number of urea groups is 1. The van der Waals surface area contributed by atoms with Gasteiger partial charge < -0.3 is 19.7 Å². The predicted octanol–water partition coefficient (Wildman–Crippen LogP) is 8.39. The monoisotopic (exact) mass is 648 g/mol. The van der Waals surface area contributed by atoms with E-state index in [2.05, 4.69) is 15.6 Å². The predicted molar refractivity (Wildman–Crippen MR) is 182 cm³/mol.